The molecule has 2 aromatic heterocycles. The molecule has 0 radical (unpaired) electrons. The topological polar surface area (TPSA) is 48.5 Å². The van der Waals surface area contributed by atoms with Crippen LogP contribution in [0.25, 0.3) is 11.3 Å². The molecule has 2 amide bonds. The lowest BCUT2D eigenvalue weighted by atomic mass is 10.2. The van der Waals surface area contributed by atoms with Gasteiger partial charge in [0.1, 0.15) is 5.01 Å². The SMILES string of the molecule is O=C(Nc1cccs1)N1CCN(Cc2nc(-c3ccccc3)cs2)CC1. The Balaban J connectivity index is 1.29. The van der Waals surface area contributed by atoms with Crippen molar-refractivity contribution in [1.29, 1.82) is 0 Å². The summed E-state index contributed by atoms with van der Waals surface area (Å²) >= 11 is 3.25. The number of aromatic nitrogens is 1. The number of hydrogen-bond acceptors (Lipinski definition) is 5. The van der Waals surface area contributed by atoms with Gasteiger partial charge in [0.05, 0.1) is 17.2 Å². The highest BCUT2D eigenvalue weighted by Crippen LogP contribution is 2.23. The van der Waals surface area contributed by atoms with Gasteiger partial charge in [0.15, 0.2) is 0 Å². The summed E-state index contributed by atoms with van der Waals surface area (Å²) in [5.74, 6) is 0. The van der Waals surface area contributed by atoms with Gasteiger partial charge in [0, 0.05) is 37.1 Å². The van der Waals surface area contributed by atoms with Gasteiger partial charge in [-0.3, -0.25) is 10.2 Å². The summed E-state index contributed by atoms with van der Waals surface area (Å²) in [4.78, 5) is 21.3. The standard InChI is InChI=1S/C19H20N4OS2/c24-19(21-17-7-4-12-25-17)23-10-8-22(9-11-23)13-18-20-16(14-26-18)15-5-2-1-3-6-15/h1-7,12,14H,8-11,13H2,(H,21,24). The molecule has 1 aliphatic heterocycles. The zero-order valence-electron chi connectivity index (χ0n) is 14.3. The number of thiazole rings is 1. The summed E-state index contributed by atoms with van der Waals surface area (Å²) in [6, 6.07) is 14.1. The van der Waals surface area contributed by atoms with Crippen LogP contribution in [0.15, 0.2) is 53.2 Å². The molecule has 1 saturated heterocycles. The summed E-state index contributed by atoms with van der Waals surface area (Å²) < 4.78 is 0. The van der Waals surface area contributed by atoms with Gasteiger partial charge in [-0.2, -0.15) is 0 Å². The number of carbonyl (C=O) groups is 1. The average molecular weight is 385 g/mol. The van der Waals surface area contributed by atoms with E-state index < -0.39 is 0 Å². The van der Waals surface area contributed by atoms with Crippen molar-refractivity contribution in [2.24, 2.45) is 0 Å². The molecule has 7 heteroatoms. The highest BCUT2D eigenvalue weighted by Gasteiger charge is 2.22. The first kappa shape index (κ1) is 17.2. The lowest BCUT2D eigenvalue weighted by Crippen LogP contribution is -2.49. The van der Waals surface area contributed by atoms with Gasteiger partial charge in [-0.15, -0.1) is 22.7 Å². The van der Waals surface area contributed by atoms with Crippen LogP contribution in [0.2, 0.25) is 0 Å². The number of hydrogen-bond donors (Lipinski definition) is 1. The Hall–Kier alpha value is -2.22. The van der Waals surface area contributed by atoms with Gasteiger partial charge in [-0.05, 0) is 17.5 Å². The maximum atomic E-state index is 12.3. The highest BCUT2D eigenvalue weighted by molar-refractivity contribution is 7.14. The van der Waals surface area contributed by atoms with Crippen LogP contribution in [0.4, 0.5) is 9.80 Å². The zero-order chi connectivity index (χ0) is 17.8. The minimum atomic E-state index is -0.00675. The third-order valence-electron chi connectivity index (χ3n) is 4.39. The molecule has 1 aliphatic rings. The molecular formula is C19H20N4OS2. The molecule has 0 spiro atoms. The van der Waals surface area contributed by atoms with Gasteiger partial charge in [0.2, 0.25) is 0 Å². The Kier molecular flexibility index (Phi) is 5.29. The molecule has 0 bridgehead atoms. The third-order valence-corrected chi connectivity index (χ3v) is 6.01. The van der Waals surface area contributed by atoms with Crippen LogP contribution < -0.4 is 5.32 Å². The van der Waals surface area contributed by atoms with Crippen LogP contribution in [0, 0.1) is 0 Å². The van der Waals surface area contributed by atoms with Gasteiger partial charge in [-0.1, -0.05) is 30.3 Å². The van der Waals surface area contributed by atoms with E-state index in [1.54, 1.807) is 22.7 Å². The lowest BCUT2D eigenvalue weighted by molar-refractivity contribution is 0.143. The molecular weight excluding hydrogens is 364 g/mol. The van der Waals surface area contributed by atoms with Crippen molar-refractivity contribution in [3.05, 3.63) is 58.2 Å². The maximum absolute atomic E-state index is 12.3. The predicted molar refractivity (Wildman–Crippen MR) is 108 cm³/mol. The van der Waals surface area contributed by atoms with E-state index in [1.165, 1.54) is 0 Å². The fourth-order valence-corrected chi connectivity index (χ4v) is 4.41. The molecule has 0 saturated carbocycles. The normalized spacial score (nSPS) is 15.2. The summed E-state index contributed by atoms with van der Waals surface area (Å²) in [6.45, 7) is 4.08. The molecule has 1 fully saturated rings. The van der Waals surface area contributed by atoms with E-state index in [0.717, 1.165) is 54.0 Å². The summed E-state index contributed by atoms with van der Waals surface area (Å²) in [6.07, 6.45) is 0. The Bertz CT molecular complexity index is 840. The van der Waals surface area contributed by atoms with E-state index >= 15 is 0 Å². The average Bonchev–Trinajstić information content (AvgIpc) is 3.35. The van der Waals surface area contributed by atoms with Gasteiger partial charge < -0.3 is 4.90 Å². The number of rotatable bonds is 4. The van der Waals surface area contributed by atoms with E-state index in [4.69, 9.17) is 4.98 Å². The Morgan fingerprint density at radius 2 is 1.85 bits per heavy atom. The number of amides is 2. The molecule has 3 aromatic rings. The molecule has 1 aromatic carbocycles. The smallest absolute Gasteiger partial charge is 0.322 e. The van der Waals surface area contributed by atoms with Gasteiger partial charge in [-0.25, -0.2) is 9.78 Å². The minimum Gasteiger partial charge on any atom is -0.322 e. The second kappa shape index (κ2) is 7.99. The molecule has 5 nitrogen and oxygen atoms in total. The largest absolute Gasteiger partial charge is 0.322 e. The molecule has 0 atom stereocenters. The second-order valence-corrected chi connectivity index (χ2v) is 8.05. The van der Waals surface area contributed by atoms with Crippen molar-refractivity contribution in [2.45, 2.75) is 6.54 Å². The Morgan fingerprint density at radius 3 is 2.58 bits per heavy atom. The molecule has 3 heterocycles. The van der Waals surface area contributed by atoms with Crippen molar-refractivity contribution in [2.75, 3.05) is 31.5 Å². The number of nitrogens with one attached hydrogen (secondary N) is 1. The zero-order valence-corrected chi connectivity index (χ0v) is 15.9. The number of urea groups is 1. The van der Waals surface area contributed by atoms with Crippen LogP contribution >= 0.6 is 22.7 Å². The second-order valence-electron chi connectivity index (χ2n) is 6.16. The summed E-state index contributed by atoms with van der Waals surface area (Å²) in [7, 11) is 0. The number of nitrogens with zero attached hydrogens (tertiary/aromatic N) is 3. The fourth-order valence-electron chi connectivity index (χ4n) is 2.96. The minimum absolute atomic E-state index is 0.00675. The number of benzene rings is 1. The fraction of sp³-hybridized carbons (Fsp3) is 0.263. The third kappa shape index (κ3) is 4.12. The predicted octanol–water partition coefficient (Wildman–Crippen LogP) is 4.22. The van der Waals surface area contributed by atoms with Crippen molar-refractivity contribution < 1.29 is 4.79 Å². The molecule has 4 rings (SSSR count). The van der Waals surface area contributed by atoms with E-state index in [1.807, 2.05) is 40.6 Å². The first-order chi connectivity index (χ1) is 12.8. The summed E-state index contributed by atoms with van der Waals surface area (Å²) in [5, 5.41) is 9.06. The monoisotopic (exact) mass is 384 g/mol. The Morgan fingerprint density at radius 1 is 1.04 bits per heavy atom. The summed E-state index contributed by atoms with van der Waals surface area (Å²) in [5.41, 5.74) is 2.20. The van der Waals surface area contributed by atoms with Crippen molar-refractivity contribution in [3.8, 4) is 11.3 Å². The van der Waals surface area contributed by atoms with Crippen LogP contribution in [0.1, 0.15) is 5.01 Å². The van der Waals surface area contributed by atoms with Crippen LogP contribution in [-0.2, 0) is 6.54 Å². The number of piperazine rings is 1. The van der Waals surface area contributed by atoms with Gasteiger partial charge >= 0.3 is 6.03 Å². The van der Waals surface area contributed by atoms with Gasteiger partial charge in [0.25, 0.3) is 0 Å². The van der Waals surface area contributed by atoms with E-state index in [0.29, 0.717) is 0 Å². The Labute approximate surface area is 160 Å². The van der Waals surface area contributed by atoms with Crippen LogP contribution in [0.5, 0.6) is 0 Å². The maximum Gasteiger partial charge on any atom is 0.322 e. The van der Waals surface area contributed by atoms with E-state index in [9.17, 15) is 4.79 Å². The molecule has 0 unspecified atom stereocenters. The van der Waals surface area contributed by atoms with Crippen LogP contribution in [-0.4, -0.2) is 47.0 Å². The van der Waals surface area contributed by atoms with E-state index in [2.05, 4.69) is 27.7 Å². The number of thiophene rings is 1. The van der Waals surface area contributed by atoms with Crippen molar-refractivity contribution >= 4 is 33.7 Å². The molecule has 0 aliphatic carbocycles. The van der Waals surface area contributed by atoms with Crippen molar-refractivity contribution in [1.82, 2.24) is 14.8 Å². The first-order valence-corrected chi connectivity index (χ1v) is 10.4. The molecule has 26 heavy (non-hydrogen) atoms. The molecule has 134 valence electrons. The quantitative estimate of drug-likeness (QED) is 0.733. The molecule has 1 N–H and O–H groups in total. The van der Waals surface area contributed by atoms with Crippen molar-refractivity contribution in [3.63, 3.8) is 0 Å². The first-order valence-electron chi connectivity index (χ1n) is 8.59. The highest BCUT2D eigenvalue weighted by atomic mass is 32.1. The number of anilines is 1. The van der Waals surface area contributed by atoms with E-state index in [-0.39, 0.29) is 6.03 Å². The lowest BCUT2D eigenvalue weighted by Gasteiger charge is -2.34. The number of carbonyl (C=O) groups excluding carboxylic acids is 1. The van der Waals surface area contributed by atoms with Crippen LogP contribution in [0.3, 0.4) is 0 Å².